The van der Waals surface area contributed by atoms with Crippen molar-refractivity contribution in [3.63, 3.8) is 0 Å². The fourth-order valence-corrected chi connectivity index (χ4v) is 1.27. The Hall–Kier alpha value is -1.84. The highest BCUT2D eigenvalue weighted by molar-refractivity contribution is 5.88. The van der Waals surface area contributed by atoms with Gasteiger partial charge in [0.1, 0.15) is 5.82 Å². The third-order valence-corrected chi connectivity index (χ3v) is 2.23. The standard InChI is InChI=1S/C13H16FNO2/c1-4-17-13(16)10(3)8-15-11-5-6-12(14)9(2)7-11/h5-7,15H,3-4,8H2,1-2H3. The summed E-state index contributed by atoms with van der Waals surface area (Å²) in [6.07, 6.45) is 0. The highest BCUT2D eigenvalue weighted by atomic mass is 19.1. The number of hydrogen-bond donors (Lipinski definition) is 1. The molecule has 1 N–H and O–H groups in total. The van der Waals surface area contributed by atoms with Gasteiger partial charge in [-0.2, -0.15) is 0 Å². The number of halogens is 1. The molecule has 0 amide bonds. The van der Waals surface area contributed by atoms with Crippen LogP contribution < -0.4 is 5.32 Å². The highest BCUT2D eigenvalue weighted by Crippen LogP contribution is 2.13. The summed E-state index contributed by atoms with van der Waals surface area (Å²) in [5, 5.41) is 2.98. The van der Waals surface area contributed by atoms with Gasteiger partial charge in [-0.3, -0.25) is 0 Å². The van der Waals surface area contributed by atoms with Crippen LogP contribution in [0.15, 0.2) is 30.4 Å². The Bertz CT molecular complexity index is 429. The molecule has 0 aliphatic heterocycles. The molecule has 0 spiro atoms. The lowest BCUT2D eigenvalue weighted by Gasteiger charge is -2.09. The lowest BCUT2D eigenvalue weighted by molar-refractivity contribution is -0.138. The molecule has 3 nitrogen and oxygen atoms in total. The van der Waals surface area contributed by atoms with Crippen molar-refractivity contribution in [2.24, 2.45) is 0 Å². The van der Waals surface area contributed by atoms with Crippen LogP contribution in [0.1, 0.15) is 12.5 Å². The number of aryl methyl sites for hydroxylation is 1. The predicted octanol–water partition coefficient (Wildman–Crippen LogP) is 2.67. The Balaban J connectivity index is 2.53. The van der Waals surface area contributed by atoms with Crippen molar-refractivity contribution >= 4 is 11.7 Å². The molecule has 0 aliphatic carbocycles. The molecule has 0 aromatic heterocycles. The second-order valence-electron chi connectivity index (χ2n) is 3.64. The molecule has 92 valence electrons. The van der Waals surface area contributed by atoms with Gasteiger partial charge in [0.15, 0.2) is 0 Å². The lowest BCUT2D eigenvalue weighted by atomic mass is 10.2. The first-order valence-electron chi connectivity index (χ1n) is 5.39. The van der Waals surface area contributed by atoms with E-state index in [-0.39, 0.29) is 12.4 Å². The molecule has 0 unspecified atom stereocenters. The number of carbonyl (C=O) groups excluding carboxylic acids is 1. The Kier molecular flexibility index (Phi) is 4.69. The number of nitrogens with one attached hydrogen (secondary N) is 1. The van der Waals surface area contributed by atoms with E-state index in [4.69, 9.17) is 4.74 Å². The number of carbonyl (C=O) groups is 1. The minimum Gasteiger partial charge on any atom is -0.463 e. The van der Waals surface area contributed by atoms with Crippen molar-refractivity contribution in [3.8, 4) is 0 Å². The van der Waals surface area contributed by atoms with Crippen molar-refractivity contribution < 1.29 is 13.9 Å². The van der Waals surface area contributed by atoms with Crippen LogP contribution in [0.3, 0.4) is 0 Å². The summed E-state index contributed by atoms with van der Waals surface area (Å²) in [5.41, 5.74) is 1.64. The van der Waals surface area contributed by atoms with E-state index < -0.39 is 5.97 Å². The number of anilines is 1. The largest absolute Gasteiger partial charge is 0.463 e. The fraction of sp³-hybridized carbons (Fsp3) is 0.308. The van der Waals surface area contributed by atoms with Crippen LogP contribution in [0.4, 0.5) is 10.1 Å². The van der Waals surface area contributed by atoms with Gasteiger partial charge in [-0.1, -0.05) is 6.58 Å². The smallest absolute Gasteiger partial charge is 0.335 e. The molecule has 1 aromatic rings. The van der Waals surface area contributed by atoms with Gasteiger partial charge in [0.05, 0.1) is 6.61 Å². The van der Waals surface area contributed by atoms with Crippen molar-refractivity contribution in [3.05, 3.63) is 41.7 Å². The molecule has 0 saturated carbocycles. The zero-order valence-electron chi connectivity index (χ0n) is 10.0. The zero-order valence-corrected chi connectivity index (χ0v) is 10.0. The van der Waals surface area contributed by atoms with Crippen LogP contribution in [0.2, 0.25) is 0 Å². The molecule has 1 rings (SSSR count). The molecule has 0 aliphatic rings. The summed E-state index contributed by atoms with van der Waals surface area (Å²) < 4.78 is 17.8. The minimum absolute atomic E-state index is 0.250. The van der Waals surface area contributed by atoms with Gasteiger partial charge >= 0.3 is 5.97 Å². The minimum atomic E-state index is -0.418. The van der Waals surface area contributed by atoms with Crippen molar-refractivity contribution in [2.75, 3.05) is 18.5 Å². The molecule has 17 heavy (non-hydrogen) atoms. The second kappa shape index (κ2) is 6.03. The molecular formula is C13H16FNO2. The van der Waals surface area contributed by atoms with E-state index >= 15 is 0 Å². The maximum atomic E-state index is 13.0. The summed E-state index contributed by atoms with van der Waals surface area (Å²) in [5.74, 6) is -0.668. The molecule has 1 aromatic carbocycles. The fourth-order valence-electron chi connectivity index (χ4n) is 1.27. The molecule has 0 heterocycles. The molecule has 4 heteroatoms. The summed E-state index contributed by atoms with van der Waals surface area (Å²) in [7, 11) is 0. The van der Waals surface area contributed by atoms with Gasteiger partial charge in [-0.15, -0.1) is 0 Å². The van der Waals surface area contributed by atoms with Crippen molar-refractivity contribution in [1.82, 2.24) is 0 Å². The van der Waals surface area contributed by atoms with E-state index in [0.29, 0.717) is 17.7 Å². The molecular weight excluding hydrogens is 221 g/mol. The topological polar surface area (TPSA) is 38.3 Å². The van der Waals surface area contributed by atoms with E-state index in [1.807, 2.05) is 0 Å². The second-order valence-corrected chi connectivity index (χ2v) is 3.64. The molecule has 0 fully saturated rings. The van der Waals surface area contributed by atoms with Crippen molar-refractivity contribution in [2.45, 2.75) is 13.8 Å². The summed E-state index contributed by atoms with van der Waals surface area (Å²) in [4.78, 5) is 11.3. The summed E-state index contributed by atoms with van der Waals surface area (Å²) >= 11 is 0. The van der Waals surface area contributed by atoms with Gasteiger partial charge in [0, 0.05) is 17.8 Å². The Morgan fingerprint density at radius 1 is 1.53 bits per heavy atom. The predicted molar refractivity (Wildman–Crippen MR) is 65.4 cm³/mol. The average molecular weight is 237 g/mol. The molecule has 0 atom stereocenters. The maximum Gasteiger partial charge on any atom is 0.335 e. The van der Waals surface area contributed by atoms with Crippen LogP contribution in [0.25, 0.3) is 0 Å². The average Bonchev–Trinajstić information content (AvgIpc) is 2.30. The first-order chi connectivity index (χ1) is 8.04. The van der Waals surface area contributed by atoms with Crippen LogP contribution in [0, 0.1) is 12.7 Å². The third kappa shape index (κ3) is 3.90. The highest BCUT2D eigenvalue weighted by Gasteiger charge is 2.07. The van der Waals surface area contributed by atoms with E-state index in [1.54, 1.807) is 26.0 Å². The van der Waals surface area contributed by atoms with Crippen molar-refractivity contribution in [1.29, 1.82) is 0 Å². The Morgan fingerprint density at radius 2 is 2.24 bits per heavy atom. The van der Waals surface area contributed by atoms with Crippen LogP contribution in [-0.4, -0.2) is 19.1 Å². The van der Waals surface area contributed by atoms with Crippen LogP contribution in [-0.2, 0) is 9.53 Å². The normalized spacial score (nSPS) is 9.82. The summed E-state index contributed by atoms with van der Waals surface area (Å²) in [6.45, 7) is 7.64. The molecule has 0 bridgehead atoms. The third-order valence-electron chi connectivity index (χ3n) is 2.23. The summed E-state index contributed by atoms with van der Waals surface area (Å²) in [6, 6.07) is 4.67. The van der Waals surface area contributed by atoms with Crippen LogP contribution in [0.5, 0.6) is 0 Å². The number of benzene rings is 1. The van der Waals surface area contributed by atoms with Crippen LogP contribution >= 0.6 is 0 Å². The molecule has 0 saturated heterocycles. The maximum absolute atomic E-state index is 13.0. The zero-order chi connectivity index (χ0) is 12.8. The Morgan fingerprint density at radius 3 is 2.82 bits per heavy atom. The van der Waals surface area contributed by atoms with E-state index in [0.717, 1.165) is 5.69 Å². The lowest BCUT2D eigenvalue weighted by Crippen LogP contribution is -2.14. The SMILES string of the molecule is C=C(CNc1ccc(F)c(C)c1)C(=O)OCC. The number of rotatable bonds is 5. The molecule has 0 radical (unpaired) electrons. The van der Waals surface area contributed by atoms with E-state index in [2.05, 4.69) is 11.9 Å². The van der Waals surface area contributed by atoms with E-state index in [9.17, 15) is 9.18 Å². The van der Waals surface area contributed by atoms with Gasteiger partial charge in [0.25, 0.3) is 0 Å². The monoisotopic (exact) mass is 237 g/mol. The van der Waals surface area contributed by atoms with E-state index in [1.165, 1.54) is 6.07 Å². The quantitative estimate of drug-likeness (QED) is 0.632. The number of ether oxygens (including phenoxy) is 1. The van der Waals surface area contributed by atoms with Gasteiger partial charge in [0.2, 0.25) is 0 Å². The van der Waals surface area contributed by atoms with Gasteiger partial charge < -0.3 is 10.1 Å². The Labute approximate surface area is 100 Å². The first-order valence-corrected chi connectivity index (χ1v) is 5.39. The number of hydrogen-bond acceptors (Lipinski definition) is 3. The number of esters is 1. The van der Waals surface area contributed by atoms with Gasteiger partial charge in [-0.05, 0) is 37.6 Å². The first kappa shape index (κ1) is 13.2. The van der Waals surface area contributed by atoms with Gasteiger partial charge in [-0.25, -0.2) is 9.18 Å².